The third-order valence-corrected chi connectivity index (χ3v) is 5.14. The highest BCUT2D eigenvalue weighted by Gasteiger charge is 2.63. The van der Waals surface area contributed by atoms with Gasteiger partial charge in [0.15, 0.2) is 0 Å². The van der Waals surface area contributed by atoms with E-state index >= 15 is 0 Å². The van der Waals surface area contributed by atoms with Crippen LogP contribution >= 0.6 is 0 Å². The van der Waals surface area contributed by atoms with Crippen LogP contribution in [0.25, 0.3) is 5.95 Å². The lowest BCUT2D eigenvalue weighted by Gasteiger charge is -2.10. The Morgan fingerprint density at radius 3 is 2.45 bits per heavy atom. The molecular formula is C16H20N4. The molecule has 0 unspecified atom stereocenters. The van der Waals surface area contributed by atoms with Gasteiger partial charge in [0.2, 0.25) is 0 Å². The molecule has 20 heavy (non-hydrogen) atoms. The molecule has 0 bridgehead atoms. The zero-order chi connectivity index (χ0) is 14.2. The van der Waals surface area contributed by atoms with Crippen LogP contribution in [-0.4, -0.2) is 19.7 Å². The standard InChI is InChI=1S/C16H20N4/c1-8-6-9(2)18-15(17-8)20-12-7-11-14(16(11,4)5)13(12)10(3)19-20/h6,11,14H,7H2,1-5H3/t11-,14-/m1/s1. The molecule has 0 saturated heterocycles. The summed E-state index contributed by atoms with van der Waals surface area (Å²) < 4.78 is 1.98. The van der Waals surface area contributed by atoms with Crippen molar-refractivity contribution in [2.45, 2.75) is 47.0 Å². The average Bonchev–Trinajstić information content (AvgIpc) is 2.71. The highest BCUT2D eigenvalue weighted by molar-refractivity contribution is 5.47. The molecule has 4 nitrogen and oxygen atoms in total. The molecule has 0 radical (unpaired) electrons. The minimum atomic E-state index is 0.453. The summed E-state index contributed by atoms with van der Waals surface area (Å²) in [6.45, 7) is 10.9. The fourth-order valence-electron chi connectivity index (χ4n) is 4.06. The third kappa shape index (κ3) is 1.39. The van der Waals surface area contributed by atoms with E-state index in [4.69, 9.17) is 5.10 Å². The number of hydrogen-bond donors (Lipinski definition) is 0. The minimum Gasteiger partial charge on any atom is -0.216 e. The SMILES string of the molecule is Cc1cc(C)nc(-n2nc(C)c3c2C[C@@H]2[C@H]3C2(C)C)n1. The van der Waals surface area contributed by atoms with Crippen molar-refractivity contribution >= 4 is 0 Å². The number of fused-ring (bicyclic) bond motifs is 3. The van der Waals surface area contributed by atoms with Crippen LogP contribution in [0.5, 0.6) is 0 Å². The van der Waals surface area contributed by atoms with E-state index in [9.17, 15) is 0 Å². The molecule has 2 atom stereocenters. The van der Waals surface area contributed by atoms with Gasteiger partial charge in [-0.05, 0) is 50.5 Å². The lowest BCUT2D eigenvalue weighted by Crippen LogP contribution is -2.10. The minimum absolute atomic E-state index is 0.453. The van der Waals surface area contributed by atoms with Crippen LogP contribution in [0.4, 0.5) is 0 Å². The van der Waals surface area contributed by atoms with Crippen molar-refractivity contribution in [3.63, 3.8) is 0 Å². The fourth-order valence-corrected chi connectivity index (χ4v) is 4.06. The molecule has 2 aromatic heterocycles. The molecule has 2 aliphatic carbocycles. The molecule has 0 spiro atoms. The summed E-state index contributed by atoms with van der Waals surface area (Å²) in [5.41, 5.74) is 6.40. The van der Waals surface area contributed by atoms with E-state index in [1.807, 2.05) is 24.6 Å². The van der Waals surface area contributed by atoms with E-state index in [1.165, 1.54) is 11.3 Å². The van der Waals surface area contributed by atoms with E-state index < -0.39 is 0 Å². The number of aryl methyl sites for hydroxylation is 3. The molecule has 0 aromatic carbocycles. The van der Waals surface area contributed by atoms with Crippen molar-refractivity contribution < 1.29 is 0 Å². The number of rotatable bonds is 1. The Labute approximate surface area is 119 Å². The van der Waals surface area contributed by atoms with Gasteiger partial charge in [-0.1, -0.05) is 13.8 Å². The molecule has 0 aliphatic heterocycles. The lowest BCUT2D eigenvalue weighted by molar-refractivity contribution is 0.531. The first-order chi connectivity index (χ1) is 9.39. The predicted molar refractivity (Wildman–Crippen MR) is 77.1 cm³/mol. The second-order valence-electron chi connectivity index (χ2n) is 6.92. The van der Waals surface area contributed by atoms with E-state index in [-0.39, 0.29) is 0 Å². The zero-order valence-electron chi connectivity index (χ0n) is 12.7. The van der Waals surface area contributed by atoms with E-state index in [2.05, 4.69) is 30.7 Å². The smallest absolute Gasteiger partial charge is 0.216 e. The van der Waals surface area contributed by atoms with Crippen molar-refractivity contribution in [1.82, 2.24) is 19.7 Å². The number of nitrogens with zero attached hydrogens (tertiary/aromatic N) is 4. The molecule has 1 saturated carbocycles. The van der Waals surface area contributed by atoms with Gasteiger partial charge >= 0.3 is 0 Å². The first-order valence-electron chi connectivity index (χ1n) is 7.30. The molecule has 2 aliphatic rings. The molecule has 1 fully saturated rings. The zero-order valence-corrected chi connectivity index (χ0v) is 12.7. The maximum absolute atomic E-state index is 4.72. The average molecular weight is 268 g/mol. The molecular weight excluding hydrogens is 248 g/mol. The van der Waals surface area contributed by atoms with Crippen molar-refractivity contribution in [1.29, 1.82) is 0 Å². The fraction of sp³-hybridized carbons (Fsp3) is 0.562. The Balaban J connectivity index is 1.87. The molecule has 4 heteroatoms. The summed E-state index contributed by atoms with van der Waals surface area (Å²) in [6.07, 6.45) is 1.12. The molecule has 2 aromatic rings. The van der Waals surface area contributed by atoms with Crippen LogP contribution in [0.3, 0.4) is 0 Å². The second kappa shape index (κ2) is 3.48. The van der Waals surface area contributed by atoms with Crippen LogP contribution in [0.15, 0.2) is 6.07 Å². The van der Waals surface area contributed by atoms with Gasteiger partial charge in [-0.25, -0.2) is 14.6 Å². The van der Waals surface area contributed by atoms with Gasteiger partial charge in [0, 0.05) is 17.0 Å². The first kappa shape index (κ1) is 12.1. The van der Waals surface area contributed by atoms with Crippen molar-refractivity contribution in [2.75, 3.05) is 0 Å². The summed E-state index contributed by atoms with van der Waals surface area (Å²) in [5, 5.41) is 4.72. The van der Waals surface area contributed by atoms with E-state index in [0.717, 1.165) is 35.4 Å². The van der Waals surface area contributed by atoms with Gasteiger partial charge in [0.25, 0.3) is 5.95 Å². The van der Waals surface area contributed by atoms with Gasteiger partial charge in [0.05, 0.1) is 11.4 Å². The number of aromatic nitrogens is 4. The van der Waals surface area contributed by atoms with Crippen molar-refractivity contribution in [2.24, 2.45) is 11.3 Å². The summed E-state index contributed by atoms with van der Waals surface area (Å²) in [4.78, 5) is 9.12. The van der Waals surface area contributed by atoms with Gasteiger partial charge in [-0.15, -0.1) is 0 Å². The van der Waals surface area contributed by atoms with Crippen LogP contribution in [0, 0.1) is 32.1 Å². The van der Waals surface area contributed by atoms with Gasteiger partial charge in [0.1, 0.15) is 0 Å². The Morgan fingerprint density at radius 2 is 1.80 bits per heavy atom. The maximum atomic E-state index is 4.72. The van der Waals surface area contributed by atoms with Gasteiger partial charge in [-0.2, -0.15) is 5.10 Å². The lowest BCUT2D eigenvalue weighted by atomic mass is 9.98. The summed E-state index contributed by atoms with van der Waals surface area (Å²) in [5.74, 6) is 2.20. The topological polar surface area (TPSA) is 43.6 Å². The first-order valence-corrected chi connectivity index (χ1v) is 7.30. The summed E-state index contributed by atoms with van der Waals surface area (Å²) in [6, 6.07) is 2.00. The normalized spacial score (nSPS) is 25.4. The van der Waals surface area contributed by atoms with Crippen LogP contribution < -0.4 is 0 Å². The highest BCUT2D eigenvalue weighted by atomic mass is 15.4. The Kier molecular flexibility index (Phi) is 2.10. The highest BCUT2D eigenvalue weighted by Crippen LogP contribution is 2.70. The maximum Gasteiger partial charge on any atom is 0.251 e. The third-order valence-electron chi connectivity index (χ3n) is 5.14. The molecule has 104 valence electrons. The Hall–Kier alpha value is -1.71. The van der Waals surface area contributed by atoms with Crippen LogP contribution in [-0.2, 0) is 6.42 Å². The second-order valence-corrected chi connectivity index (χ2v) is 6.92. The molecule has 2 heterocycles. The molecule has 0 amide bonds. The van der Waals surface area contributed by atoms with E-state index in [1.54, 1.807) is 0 Å². The summed E-state index contributed by atoms with van der Waals surface area (Å²) >= 11 is 0. The van der Waals surface area contributed by atoms with Gasteiger partial charge in [-0.3, -0.25) is 0 Å². The largest absolute Gasteiger partial charge is 0.251 e. The predicted octanol–water partition coefficient (Wildman–Crippen LogP) is 2.88. The Bertz CT molecular complexity index is 706. The van der Waals surface area contributed by atoms with E-state index in [0.29, 0.717) is 11.3 Å². The molecule has 0 N–H and O–H groups in total. The summed E-state index contributed by atoms with van der Waals surface area (Å²) in [7, 11) is 0. The Morgan fingerprint density at radius 1 is 1.15 bits per heavy atom. The van der Waals surface area contributed by atoms with Gasteiger partial charge < -0.3 is 0 Å². The van der Waals surface area contributed by atoms with Crippen LogP contribution in [0.1, 0.15) is 48.1 Å². The van der Waals surface area contributed by atoms with Crippen molar-refractivity contribution in [3.05, 3.63) is 34.4 Å². The van der Waals surface area contributed by atoms with Crippen LogP contribution in [0.2, 0.25) is 0 Å². The molecule has 4 rings (SSSR count). The van der Waals surface area contributed by atoms with Crippen molar-refractivity contribution in [3.8, 4) is 5.95 Å². The quantitative estimate of drug-likeness (QED) is 0.798. The monoisotopic (exact) mass is 268 g/mol. The number of hydrogen-bond acceptors (Lipinski definition) is 3.